The molecule has 1 aromatic heterocycles. The maximum atomic E-state index is 11.1. The molecule has 0 saturated heterocycles. The van der Waals surface area contributed by atoms with E-state index in [1.54, 1.807) is 24.1 Å². The minimum absolute atomic E-state index is 0.436. The van der Waals surface area contributed by atoms with Gasteiger partial charge in [0.05, 0.1) is 11.9 Å². The van der Waals surface area contributed by atoms with E-state index in [4.69, 9.17) is 4.55 Å². The Hall–Kier alpha value is -0.960. The summed E-state index contributed by atoms with van der Waals surface area (Å²) < 4.78 is 23.0. The number of hydrogen-bond acceptors (Lipinski definition) is 4. The van der Waals surface area contributed by atoms with E-state index >= 15 is 0 Å². The van der Waals surface area contributed by atoms with Crippen LogP contribution in [0.5, 0.6) is 0 Å². The number of hydrazine groups is 1. The van der Waals surface area contributed by atoms with E-state index in [9.17, 15) is 4.21 Å². The predicted molar refractivity (Wildman–Crippen MR) is 62.9 cm³/mol. The summed E-state index contributed by atoms with van der Waals surface area (Å²) in [6.45, 7) is 1.12. The highest BCUT2D eigenvalue weighted by Gasteiger charge is 2.11. The molecule has 0 radical (unpaired) electrons. The van der Waals surface area contributed by atoms with Crippen LogP contribution in [0.1, 0.15) is 0 Å². The number of rotatable bonds is 6. The predicted octanol–water partition coefficient (Wildman–Crippen LogP) is -0.253. The first kappa shape index (κ1) is 13.1. The third kappa shape index (κ3) is 4.27. The Kier molecular flexibility index (Phi) is 4.87. The van der Waals surface area contributed by atoms with E-state index in [0.717, 1.165) is 0 Å². The largest absolute Gasteiger partial charge is 0.308 e. The first-order valence-electron chi connectivity index (χ1n) is 4.77. The Balaban J connectivity index is 2.54. The van der Waals surface area contributed by atoms with Crippen LogP contribution in [0.2, 0.25) is 0 Å². The average Bonchev–Trinajstić information content (AvgIpc) is 2.57. The van der Waals surface area contributed by atoms with E-state index in [0.29, 0.717) is 18.8 Å². The van der Waals surface area contributed by atoms with Crippen LogP contribution in [-0.4, -0.2) is 55.0 Å². The van der Waals surface area contributed by atoms with Crippen LogP contribution in [0.4, 0.5) is 5.69 Å². The van der Waals surface area contributed by atoms with Crippen molar-refractivity contribution in [2.45, 2.75) is 0 Å². The molecule has 1 aromatic rings. The number of nitrogens with zero attached hydrogens (tertiary/aromatic N) is 4. The number of likely N-dealkylation sites (N-methyl/N-ethyl adjacent to an activating group) is 1. The lowest BCUT2D eigenvalue weighted by molar-refractivity contribution is 0.352. The van der Waals surface area contributed by atoms with Crippen molar-refractivity contribution < 1.29 is 8.76 Å². The van der Waals surface area contributed by atoms with E-state index < -0.39 is 11.3 Å². The van der Waals surface area contributed by atoms with Gasteiger partial charge in [0.25, 0.3) is 11.3 Å². The van der Waals surface area contributed by atoms with Gasteiger partial charge in [-0.3, -0.25) is 9.23 Å². The summed E-state index contributed by atoms with van der Waals surface area (Å²) in [7, 11) is 5.59. The third-order valence-corrected chi connectivity index (χ3v) is 2.55. The van der Waals surface area contributed by atoms with E-state index in [1.165, 1.54) is 4.41 Å². The van der Waals surface area contributed by atoms with Crippen molar-refractivity contribution in [3.63, 3.8) is 0 Å². The van der Waals surface area contributed by atoms with Gasteiger partial charge in [0.15, 0.2) is 0 Å². The summed E-state index contributed by atoms with van der Waals surface area (Å²) in [5.41, 5.74) is 3.51. The van der Waals surface area contributed by atoms with Gasteiger partial charge in [-0.1, -0.05) is 0 Å². The molecule has 0 aliphatic rings. The Labute approximate surface area is 97.4 Å². The highest BCUT2D eigenvalue weighted by atomic mass is 32.2. The summed E-state index contributed by atoms with van der Waals surface area (Å²) in [6, 6.07) is 0. The van der Waals surface area contributed by atoms with Gasteiger partial charge < -0.3 is 10.3 Å². The van der Waals surface area contributed by atoms with Crippen molar-refractivity contribution in [1.82, 2.24) is 19.1 Å². The second-order valence-electron chi connectivity index (χ2n) is 3.65. The van der Waals surface area contributed by atoms with Crippen molar-refractivity contribution in [2.75, 3.05) is 32.6 Å². The number of hydrogen-bond donors (Lipinski definition) is 2. The lowest BCUT2D eigenvalue weighted by Gasteiger charge is -2.20. The van der Waals surface area contributed by atoms with Crippen molar-refractivity contribution in [1.29, 1.82) is 0 Å². The standard InChI is InChI=1S/C8H17N5O2S/c1-11(2)4-5-13(16(14)15)10-8-6-9-12(3)7-8/h6-7,10H,4-5H2,1-3H3,(H,14,15). The molecule has 0 aliphatic heterocycles. The summed E-state index contributed by atoms with van der Waals surface area (Å²) in [4.78, 5) is 1.94. The SMILES string of the molecule is CN(C)CCN(Nc1cnn(C)c1)S(=O)O. The molecule has 2 N–H and O–H groups in total. The van der Waals surface area contributed by atoms with Crippen molar-refractivity contribution in [3.8, 4) is 0 Å². The molecule has 1 heterocycles. The Morgan fingerprint density at radius 2 is 2.25 bits per heavy atom. The van der Waals surface area contributed by atoms with Crippen LogP contribution in [-0.2, 0) is 18.3 Å². The quantitative estimate of drug-likeness (QED) is 0.535. The maximum absolute atomic E-state index is 11.1. The molecule has 0 spiro atoms. The number of anilines is 1. The maximum Gasteiger partial charge on any atom is 0.253 e. The molecule has 0 fully saturated rings. The molecule has 7 nitrogen and oxygen atoms in total. The number of aromatic nitrogens is 2. The van der Waals surface area contributed by atoms with E-state index in [-0.39, 0.29) is 0 Å². The topological polar surface area (TPSA) is 73.6 Å². The minimum Gasteiger partial charge on any atom is -0.308 e. The Morgan fingerprint density at radius 3 is 2.69 bits per heavy atom. The monoisotopic (exact) mass is 247 g/mol. The van der Waals surface area contributed by atoms with Gasteiger partial charge in [0, 0.05) is 26.3 Å². The molecule has 1 atom stereocenters. The molecule has 1 rings (SSSR count). The first-order chi connectivity index (χ1) is 7.49. The zero-order valence-corrected chi connectivity index (χ0v) is 10.4. The molecule has 0 aromatic carbocycles. The van der Waals surface area contributed by atoms with Gasteiger partial charge in [-0.15, -0.1) is 4.41 Å². The molecule has 16 heavy (non-hydrogen) atoms. The van der Waals surface area contributed by atoms with Crippen LogP contribution in [0, 0.1) is 0 Å². The molecule has 0 amide bonds. The highest BCUT2D eigenvalue weighted by molar-refractivity contribution is 7.76. The van der Waals surface area contributed by atoms with Crippen LogP contribution in [0.25, 0.3) is 0 Å². The first-order valence-corrected chi connectivity index (χ1v) is 5.84. The molecular weight excluding hydrogens is 230 g/mol. The molecule has 1 unspecified atom stereocenters. The normalized spacial score (nSPS) is 13.4. The highest BCUT2D eigenvalue weighted by Crippen LogP contribution is 2.06. The van der Waals surface area contributed by atoms with Crippen molar-refractivity contribution in [3.05, 3.63) is 12.4 Å². The molecule has 0 bridgehead atoms. The van der Waals surface area contributed by atoms with Gasteiger partial charge in [0.2, 0.25) is 0 Å². The van der Waals surface area contributed by atoms with Crippen LogP contribution < -0.4 is 5.43 Å². The van der Waals surface area contributed by atoms with Gasteiger partial charge >= 0.3 is 0 Å². The second kappa shape index (κ2) is 5.94. The third-order valence-electron chi connectivity index (χ3n) is 1.90. The van der Waals surface area contributed by atoms with Crippen LogP contribution >= 0.6 is 0 Å². The van der Waals surface area contributed by atoms with E-state index in [1.807, 2.05) is 19.0 Å². The Morgan fingerprint density at radius 1 is 1.56 bits per heavy atom. The van der Waals surface area contributed by atoms with Gasteiger partial charge in [-0.05, 0) is 14.1 Å². The molecule has 0 saturated carbocycles. The molecule has 8 heteroatoms. The van der Waals surface area contributed by atoms with Crippen molar-refractivity contribution in [2.24, 2.45) is 7.05 Å². The molecule has 0 aliphatic carbocycles. The fraction of sp³-hybridized carbons (Fsp3) is 0.625. The fourth-order valence-corrected chi connectivity index (χ4v) is 1.51. The van der Waals surface area contributed by atoms with Gasteiger partial charge in [0.1, 0.15) is 0 Å². The fourth-order valence-electron chi connectivity index (χ4n) is 1.09. The summed E-state index contributed by atoms with van der Waals surface area (Å²) in [5, 5.41) is 3.96. The van der Waals surface area contributed by atoms with Gasteiger partial charge in [-0.2, -0.15) is 5.10 Å². The lowest BCUT2D eigenvalue weighted by atomic mass is 10.6. The lowest BCUT2D eigenvalue weighted by Crippen LogP contribution is -2.37. The molecular formula is C8H17N5O2S. The summed E-state index contributed by atoms with van der Waals surface area (Å²) in [6.07, 6.45) is 3.32. The zero-order valence-electron chi connectivity index (χ0n) is 9.62. The van der Waals surface area contributed by atoms with Gasteiger partial charge in [-0.25, -0.2) is 4.21 Å². The van der Waals surface area contributed by atoms with Crippen molar-refractivity contribution >= 4 is 17.0 Å². The van der Waals surface area contributed by atoms with Crippen LogP contribution in [0.15, 0.2) is 12.4 Å². The molecule has 92 valence electrons. The number of nitrogens with one attached hydrogen (secondary N) is 1. The van der Waals surface area contributed by atoms with E-state index in [2.05, 4.69) is 10.5 Å². The second-order valence-corrected chi connectivity index (χ2v) is 4.55. The van der Waals surface area contributed by atoms with Crippen LogP contribution in [0.3, 0.4) is 0 Å². The number of aryl methyl sites for hydroxylation is 1. The smallest absolute Gasteiger partial charge is 0.253 e. The summed E-state index contributed by atoms with van der Waals surface area (Å²) >= 11 is -2.05. The Bertz CT molecular complexity index is 354. The minimum atomic E-state index is -2.05. The summed E-state index contributed by atoms with van der Waals surface area (Å²) in [5.74, 6) is 0. The zero-order chi connectivity index (χ0) is 12.1. The average molecular weight is 247 g/mol.